The predicted molar refractivity (Wildman–Crippen MR) is 98.1 cm³/mol. The number of hydrogen-bond acceptors (Lipinski definition) is 4. The molecule has 0 aliphatic carbocycles. The van der Waals surface area contributed by atoms with Crippen LogP contribution in [0.25, 0.3) is 21.5 Å². The second-order valence-electron chi connectivity index (χ2n) is 5.59. The van der Waals surface area contributed by atoms with Crippen LogP contribution in [0.2, 0.25) is 0 Å². The van der Waals surface area contributed by atoms with Crippen LogP contribution in [0.5, 0.6) is 11.5 Å². The van der Waals surface area contributed by atoms with Gasteiger partial charge in [-0.25, -0.2) is 0 Å². The molecule has 0 saturated carbocycles. The molecule has 25 heavy (non-hydrogen) atoms. The molecular weight excluding hydrogens is 336 g/mol. The molecule has 4 aromatic carbocycles. The Bertz CT molecular complexity index is 1080. The maximum absolute atomic E-state index is 12.2. The van der Waals surface area contributed by atoms with Gasteiger partial charge in [-0.1, -0.05) is 60.7 Å². The van der Waals surface area contributed by atoms with Crippen molar-refractivity contribution < 1.29 is 16.8 Å². The van der Waals surface area contributed by atoms with Crippen LogP contribution in [-0.2, 0) is 10.4 Å². The average molecular weight is 350 g/mol. The summed E-state index contributed by atoms with van der Waals surface area (Å²) in [5.41, 5.74) is 0. The highest BCUT2D eigenvalue weighted by atomic mass is 32.3. The smallest absolute Gasteiger partial charge is 0.353 e. The van der Waals surface area contributed by atoms with Gasteiger partial charge in [-0.05, 0) is 45.8 Å². The minimum Gasteiger partial charge on any atom is -0.353 e. The molecular formula is C20H14O4S. The van der Waals surface area contributed by atoms with Gasteiger partial charge in [0, 0.05) is 0 Å². The summed E-state index contributed by atoms with van der Waals surface area (Å²) in [7, 11) is -4.22. The minimum atomic E-state index is -4.22. The summed E-state index contributed by atoms with van der Waals surface area (Å²) in [6.07, 6.45) is 0. The number of benzene rings is 4. The first kappa shape index (κ1) is 15.5. The molecule has 0 N–H and O–H groups in total. The molecule has 0 radical (unpaired) electrons. The molecule has 0 aromatic heterocycles. The number of hydrogen-bond donors (Lipinski definition) is 0. The second kappa shape index (κ2) is 6.11. The minimum absolute atomic E-state index is 0.208. The topological polar surface area (TPSA) is 52.6 Å². The lowest BCUT2D eigenvalue weighted by atomic mass is 10.1. The SMILES string of the molecule is O=S(=O)(Oc1ccc2ccccc2c1)Oc1ccc2ccccc2c1. The monoisotopic (exact) mass is 350 g/mol. The molecule has 4 aromatic rings. The molecule has 4 nitrogen and oxygen atoms in total. The molecule has 0 saturated heterocycles. The standard InChI is InChI=1S/C20H14O4S/c21-25(22,23-19-11-9-15-5-1-3-7-17(15)13-19)24-20-12-10-16-6-2-4-8-18(16)14-20/h1-14H. The van der Waals surface area contributed by atoms with E-state index in [-0.39, 0.29) is 11.5 Å². The van der Waals surface area contributed by atoms with Gasteiger partial charge in [0.15, 0.2) is 0 Å². The van der Waals surface area contributed by atoms with E-state index in [1.807, 2.05) is 48.5 Å². The molecule has 0 atom stereocenters. The van der Waals surface area contributed by atoms with Gasteiger partial charge in [0.05, 0.1) is 0 Å². The van der Waals surface area contributed by atoms with Crippen molar-refractivity contribution in [3.05, 3.63) is 84.9 Å². The zero-order valence-corrected chi connectivity index (χ0v) is 13.9. The van der Waals surface area contributed by atoms with E-state index in [2.05, 4.69) is 0 Å². The third-order valence-corrected chi connectivity index (χ3v) is 4.63. The fourth-order valence-corrected chi connectivity index (χ4v) is 3.40. The van der Waals surface area contributed by atoms with Gasteiger partial charge in [0.2, 0.25) is 0 Å². The van der Waals surface area contributed by atoms with Crippen molar-refractivity contribution in [3.63, 3.8) is 0 Å². The molecule has 124 valence electrons. The van der Waals surface area contributed by atoms with Gasteiger partial charge in [-0.15, -0.1) is 8.42 Å². The van der Waals surface area contributed by atoms with Crippen molar-refractivity contribution >= 4 is 31.9 Å². The van der Waals surface area contributed by atoms with Crippen LogP contribution < -0.4 is 8.37 Å². The van der Waals surface area contributed by atoms with Gasteiger partial charge in [-0.3, -0.25) is 0 Å². The average Bonchev–Trinajstić information content (AvgIpc) is 2.61. The van der Waals surface area contributed by atoms with Crippen LogP contribution >= 0.6 is 0 Å². The van der Waals surface area contributed by atoms with Gasteiger partial charge in [-0.2, -0.15) is 0 Å². The summed E-state index contributed by atoms with van der Waals surface area (Å²) in [4.78, 5) is 0. The predicted octanol–water partition coefficient (Wildman–Crippen LogP) is 4.70. The fourth-order valence-electron chi connectivity index (χ4n) is 2.69. The van der Waals surface area contributed by atoms with Crippen molar-refractivity contribution in [3.8, 4) is 11.5 Å². The fraction of sp³-hybridized carbons (Fsp3) is 0. The summed E-state index contributed by atoms with van der Waals surface area (Å²) in [6, 6.07) is 25.4. The summed E-state index contributed by atoms with van der Waals surface area (Å²) in [6.45, 7) is 0. The van der Waals surface area contributed by atoms with Gasteiger partial charge >= 0.3 is 10.4 Å². The quantitative estimate of drug-likeness (QED) is 0.535. The summed E-state index contributed by atoms with van der Waals surface area (Å²) < 4.78 is 34.5. The van der Waals surface area contributed by atoms with Crippen LogP contribution in [0.1, 0.15) is 0 Å². The lowest BCUT2D eigenvalue weighted by Crippen LogP contribution is -2.16. The Balaban J connectivity index is 1.59. The highest BCUT2D eigenvalue weighted by Gasteiger charge is 2.16. The van der Waals surface area contributed by atoms with Crippen LogP contribution in [0.15, 0.2) is 84.9 Å². The molecule has 0 aliphatic heterocycles. The van der Waals surface area contributed by atoms with E-state index in [1.54, 1.807) is 36.4 Å². The van der Waals surface area contributed by atoms with Crippen LogP contribution in [-0.4, -0.2) is 8.42 Å². The maximum Gasteiger partial charge on any atom is 0.500 e. The second-order valence-corrected chi connectivity index (χ2v) is 6.74. The van der Waals surface area contributed by atoms with Gasteiger partial charge in [0.25, 0.3) is 0 Å². The lowest BCUT2D eigenvalue weighted by Gasteiger charge is -2.09. The zero-order valence-electron chi connectivity index (χ0n) is 13.1. The molecule has 0 spiro atoms. The Hall–Kier alpha value is -3.05. The molecule has 5 heteroatoms. The first-order chi connectivity index (χ1) is 12.1. The summed E-state index contributed by atoms with van der Waals surface area (Å²) in [5, 5.41) is 3.78. The van der Waals surface area contributed by atoms with Crippen LogP contribution in [0.4, 0.5) is 0 Å². The molecule has 4 rings (SSSR count). The van der Waals surface area contributed by atoms with Crippen LogP contribution in [0.3, 0.4) is 0 Å². The van der Waals surface area contributed by atoms with Crippen LogP contribution in [0, 0.1) is 0 Å². The largest absolute Gasteiger partial charge is 0.500 e. The highest BCUT2D eigenvalue weighted by molar-refractivity contribution is 7.82. The molecule has 0 amide bonds. The van der Waals surface area contributed by atoms with E-state index in [9.17, 15) is 8.42 Å². The maximum atomic E-state index is 12.2. The van der Waals surface area contributed by atoms with E-state index in [0.29, 0.717) is 0 Å². The van der Waals surface area contributed by atoms with Crippen molar-refractivity contribution in [1.29, 1.82) is 0 Å². The lowest BCUT2D eigenvalue weighted by molar-refractivity contribution is 0.393. The van der Waals surface area contributed by atoms with E-state index in [0.717, 1.165) is 21.5 Å². The van der Waals surface area contributed by atoms with E-state index in [1.165, 1.54) is 0 Å². The summed E-state index contributed by atoms with van der Waals surface area (Å²) >= 11 is 0. The van der Waals surface area contributed by atoms with Crippen molar-refractivity contribution in [2.45, 2.75) is 0 Å². The first-order valence-electron chi connectivity index (χ1n) is 7.71. The Morgan fingerprint density at radius 3 is 1.36 bits per heavy atom. The van der Waals surface area contributed by atoms with Gasteiger partial charge < -0.3 is 8.37 Å². The zero-order chi connectivity index (χ0) is 17.3. The Morgan fingerprint density at radius 1 is 0.520 bits per heavy atom. The van der Waals surface area contributed by atoms with E-state index >= 15 is 0 Å². The molecule has 0 unspecified atom stereocenters. The third kappa shape index (κ3) is 3.41. The normalized spacial score (nSPS) is 11.5. The van der Waals surface area contributed by atoms with Crippen molar-refractivity contribution in [1.82, 2.24) is 0 Å². The Morgan fingerprint density at radius 2 is 0.920 bits per heavy atom. The Kier molecular flexibility index (Phi) is 3.78. The first-order valence-corrected chi connectivity index (χ1v) is 9.04. The number of fused-ring (bicyclic) bond motifs is 2. The molecule has 0 heterocycles. The Labute approximate surface area is 145 Å². The van der Waals surface area contributed by atoms with Crippen molar-refractivity contribution in [2.75, 3.05) is 0 Å². The molecule has 0 fully saturated rings. The molecule has 0 aliphatic rings. The van der Waals surface area contributed by atoms with Gasteiger partial charge in [0.1, 0.15) is 11.5 Å². The number of rotatable bonds is 4. The molecule has 0 bridgehead atoms. The summed E-state index contributed by atoms with van der Waals surface area (Å²) in [5.74, 6) is 0.416. The highest BCUT2D eigenvalue weighted by Crippen LogP contribution is 2.25. The van der Waals surface area contributed by atoms with Crippen molar-refractivity contribution in [2.24, 2.45) is 0 Å². The van der Waals surface area contributed by atoms with E-state index in [4.69, 9.17) is 8.37 Å². The van der Waals surface area contributed by atoms with E-state index < -0.39 is 10.4 Å². The third-order valence-electron chi connectivity index (χ3n) is 3.84.